The molecule has 0 fully saturated rings. The molecule has 0 amide bonds. The van der Waals surface area contributed by atoms with E-state index in [1.165, 1.54) is 16.7 Å². The lowest BCUT2D eigenvalue weighted by Crippen LogP contribution is -2.37. The van der Waals surface area contributed by atoms with E-state index in [0.29, 0.717) is 0 Å². The summed E-state index contributed by atoms with van der Waals surface area (Å²) < 4.78 is 0. The van der Waals surface area contributed by atoms with Crippen LogP contribution in [0.5, 0.6) is 0 Å². The van der Waals surface area contributed by atoms with Gasteiger partial charge < -0.3 is 20.9 Å². The molecule has 1 aromatic carbocycles. The molecule has 3 aliphatic rings. The maximum Gasteiger partial charge on any atom is 0.125 e. The number of nitrogens with one attached hydrogen (secondary N) is 3. The molecule has 0 radical (unpaired) electrons. The topological polar surface area (TPSA) is 39.3 Å². The average Bonchev–Trinajstić information content (AvgIpc) is 3.03. The summed E-state index contributed by atoms with van der Waals surface area (Å²) in [5, 5.41) is 11.0. The van der Waals surface area contributed by atoms with E-state index in [1.807, 2.05) is 24.3 Å². The zero-order valence-electron chi connectivity index (χ0n) is 14.0. The van der Waals surface area contributed by atoms with E-state index in [2.05, 4.69) is 70.8 Å². The summed E-state index contributed by atoms with van der Waals surface area (Å²) in [6.07, 6.45) is 16.2. The molecule has 1 aromatic rings. The molecule has 25 heavy (non-hydrogen) atoms. The van der Waals surface area contributed by atoms with Crippen LogP contribution in [0.2, 0.25) is 5.02 Å². The van der Waals surface area contributed by atoms with E-state index < -0.39 is 0 Å². The molecular formula is C20H21ClN4. The lowest BCUT2D eigenvalue weighted by atomic mass is 9.97. The first-order chi connectivity index (χ1) is 12.2. The Bertz CT molecular complexity index is 801. The Morgan fingerprint density at radius 3 is 2.76 bits per heavy atom. The number of anilines is 1. The number of hydrogen-bond acceptors (Lipinski definition) is 4. The number of rotatable bonds is 4. The summed E-state index contributed by atoms with van der Waals surface area (Å²) in [6.45, 7) is 0. The molecule has 3 N–H and O–H groups in total. The third-order valence-corrected chi connectivity index (χ3v) is 4.85. The van der Waals surface area contributed by atoms with Crippen molar-refractivity contribution in [2.75, 3.05) is 12.4 Å². The number of likely N-dealkylation sites (N-methyl/N-ethyl adjacent to an activating group) is 1. The van der Waals surface area contributed by atoms with Gasteiger partial charge in [0.15, 0.2) is 0 Å². The smallest absolute Gasteiger partial charge is 0.125 e. The molecule has 3 heterocycles. The van der Waals surface area contributed by atoms with Crippen LogP contribution in [0.25, 0.3) is 0 Å². The van der Waals surface area contributed by atoms with Crippen LogP contribution in [0.4, 0.5) is 5.69 Å². The monoisotopic (exact) mass is 352 g/mol. The van der Waals surface area contributed by atoms with Crippen molar-refractivity contribution in [2.45, 2.75) is 18.8 Å². The summed E-state index contributed by atoms with van der Waals surface area (Å²) in [5.74, 6) is 0. The van der Waals surface area contributed by atoms with E-state index in [-0.39, 0.29) is 12.3 Å². The van der Waals surface area contributed by atoms with Gasteiger partial charge in [0.05, 0.1) is 0 Å². The number of nitrogens with zero attached hydrogens (tertiary/aromatic N) is 1. The van der Waals surface area contributed by atoms with Crippen LogP contribution in [0, 0.1) is 0 Å². The zero-order chi connectivity index (χ0) is 17.2. The number of halogens is 1. The maximum absolute atomic E-state index is 5.92. The van der Waals surface area contributed by atoms with E-state index in [9.17, 15) is 0 Å². The SMILES string of the molecule is CN1C=CC=C2C(CC3=CNC(Nc4ccc(Cl)cc4)C=C3)=CNC21. The van der Waals surface area contributed by atoms with Gasteiger partial charge in [-0.25, -0.2) is 0 Å². The minimum Gasteiger partial charge on any atom is -0.368 e. The van der Waals surface area contributed by atoms with Crippen molar-refractivity contribution in [1.82, 2.24) is 15.5 Å². The third-order valence-electron chi connectivity index (χ3n) is 4.60. The van der Waals surface area contributed by atoms with Crippen LogP contribution < -0.4 is 16.0 Å². The summed E-state index contributed by atoms with van der Waals surface area (Å²) in [6, 6.07) is 7.73. The van der Waals surface area contributed by atoms with Gasteiger partial charge in [0.25, 0.3) is 0 Å². The van der Waals surface area contributed by atoms with Crippen LogP contribution in [-0.2, 0) is 0 Å². The third kappa shape index (κ3) is 3.44. The van der Waals surface area contributed by atoms with Crippen LogP contribution in [0.15, 0.2) is 83.9 Å². The molecule has 3 aliphatic heterocycles. The number of dihydropyridines is 1. The second-order valence-electron chi connectivity index (χ2n) is 6.42. The van der Waals surface area contributed by atoms with E-state index in [4.69, 9.17) is 11.6 Å². The predicted molar refractivity (Wildman–Crippen MR) is 104 cm³/mol. The Morgan fingerprint density at radius 2 is 2.00 bits per heavy atom. The van der Waals surface area contributed by atoms with E-state index >= 15 is 0 Å². The van der Waals surface area contributed by atoms with Gasteiger partial charge in [0, 0.05) is 42.8 Å². The Balaban J connectivity index is 1.36. The summed E-state index contributed by atoms with van der Waals surface area (Å²) >= 11 is 5.92. The maximum atomic E-state index is 5.92. The highest BCUT2D eigenvalue weighted by Gasteiger charge is 2.26. The first kappa shape index (κ1) is 15.9. The highest BCUT2D eigenvalue weighted by atomic mass is 35.5. The van der Waals surface area contributed by atoms with Crippen molar-refractivity contribution in [3.8, 4) is 0 Å². The van der Waals surface area contributed by atoms with Crippen molar-refractivity contribution >= 4 is 17.3 Å². The van der Waals surface area contributed by atoms with Gasteiger partial charge in [0.1, 0.15) is 12.3 Å². The minimum absolute atomic E-state index is 0.0799. The molecule has 128 valence electrons. The standard InChI is InChI=1S/C20H21ClN4/c1-25-10-2-3-18-15(13-23-20(18)25)11-14-4-9-19(22-12-14)24-17-7-5-16(21)6-8-17/h2-10,12-13,19-20,22-24H,11H2,1H3. The Hall–Kier alpha value is -2.59. The lowest BCUT2D eigenvalue weighted by Gasteiger charge is -2.28. The minimum atomic E-state index is 0.0799. The molecular weight excluding hydrogens is 332 g/mol. The normalized spacial score (nSPS) is 23.9. The molecule has 0 bridgehead atoms. The number of hydrogen-bond donors (Lipinski definition) is 3. The molecule has 4 rings (SSSR count). The predicted octanol–water partition coefficient (Wildman–Crippen LogP) is 3.71. The molecule has 4 nitrogen and oxygen atoms in total. The average molecular weight is 353 g/mol. The first-order valence-electron chi connectivity index (χ1n) is 8.40. The van der Waals surface area contributed by atoms with Crippen LogP contribution in [0.3, 0.4) is 0 Å². The van der Waals surface area contributed by atoms with Crippen molar-refractivity contribution in [2.24, 2.45) is 0 Å². The Labute approximate surface area is 153 Å². The second-order valence-corrected chi connectivity index (χ2v) is 6.85. The summed E-state index contributed by atoms with van der Waals surface area (Å²) in [5.41, 5.74) is 4.99. The highest BCUT2D eigenvalue weighted by Crippen LogP contribution is 2.30. The molecule has 5 heteroatoms. The number of allylic oxidation sites excluding steroid dienone is 4. The van der Waals surface area contributed by atoms with Crippen LogP contribution in [-0.4, -0.2) is 24.3 Å². The van der Waals surface area contributed by atoms with Crippen molar-refractivity contribution in [3.63, 3.8) is 0 Å². The number of benzene rings is 1. The molecule has 0 saturated heterocycles. The van der Waals surface area contributed by atoms with Gasteiger partial charge in [-0.2, -0.15) is 0 Å². The fourth-order valence-corrected chi connectivity index (χ4v) is 3.38. The van der Waals surface area contributed by atoms with Crippen LogP contribution in [0.1, 0.15) is 6.42 Å². The van der Waals surface area contributed by atoms with Gasteiger partial charge in [-0.1, -0.05) is 23.8 Å². The van der Waals surface area contributed by atoms with E-state index in [0.717, 1.165) is 17.1 Å². The van der Waals surface area contributed by atoms with Gasteiger partial charge in [-0.3, -0.25) is 0 Å². The summed E-state index contributed by atoms with van der Waals surface area (Å²) in [7, 11) is 2.09. The molecule has 0 saturated carbocycles. The summed E-state index contributed by atoms with van der Waals surface area (Å²) in [4.78, 5) is 2.19. The fourth-order valence-electron chi connectivity index (χ4n) is 3.25. The highest BCUT2D eigenvalue weighted by molar-refractivity contribution is 6.30. The number of fused-ring (bicyclic) bond motifs is 1. The second kappa shape index (κ2) is 6.73. The van der Waals surface area contributed by atoms with Gasteiger partial charge in [-0.15, -0.1) is 0 Å². The van der Waals surface area contributed by atoms with Crippen molar-refractivity contribution in [1.29, 1.82) is 0 Å². The quantitative estimate of drug-likeness (QED) is 0.772. The molecule has 2 unspecified atom stereocenters. The van der Waals surface area contributed by atoms with Gasteiger partial charge >= 0.3 is 0 Å². The Kier molecular flexibility index (Phi) is 4.28. The van der Waals surface area contributed by atoms with Crippen molar-refractivity contribution in [3.05, 3.63) is 88.9 Å². The van der Waals surface area contributed by atoms with Crippen LogP contribution >= 0.6 is 11.6 Å². The molecule has 0 aromatic heterocycles. The zero-order valence-corrected chi connectivity index (χ0v) is 14.8. The molecule has 0 aliphatic carbocycles. The Morgan fingerprint density at radius 1 is 1.16 bits per heavy atom. The molecule has 0 spiro atoms. The first-order valence-corrected chi connectivity index (χ1v) is 8.78. The molecule has 2 atom stereocenters. The fraction of sp³-hybridized carbons (Fsp3) is 0.200. The van der Waals surface area contributed by atoms with Crippen molar-refractivity contribution < 1.29 is 0 Å². The van der Waals surface area contributed by atoms with E-state index in [1.54, 1.807) is 0 Å². The van der Waals surface area contributed by atoms with Gasteiger partial charge in [-0.05, 0) is 53.1 Å². The lowest BCUT2D eigenvalue weighted by molar-refractivity contribution is 0.349. The largest absolute Gasteiger partial charge is 0.368 e. The van der Waals surface area contributed by atoms with Gasteiger partial charge in [0.2, 0.25) is 0 Å².